The molecule has 0 saturated heterocycles. The predicted octanol–water partition coefficient (Wildman–Crippen LogP) is 4.60. The lowest BCUT2D eigenvalue weighted by molar-refractivity contribution is 0.0978. The summed E-state index contributed by atoms with van der Waals surface area (Å²) in [7, 11) is 0. The molecule has 28 heavy (non-hydrogen) atoms. The van der Waals surface area contributed by atoms with Gasteiger partial charge in [-0.15, -0.1) is 5.10 Å². The van der Waals surface area contributed by atoms with Gasteiger partial charge in [-0.2, -0.15) is 0 Å². The standard InChI is InChI=1S/C23H20N4O/c1-2-26(19-14-8-4-9-15-19)23(28)21-24-22(18-12-6-3-7-13-18)27(25-21)20-16-10-5-11-17-20/h3-17H,2H2,1H3. The summed E-state index contributed by atoms with van der Waals surface area (Å²) < 4.78 is 1.72. The number of nitrogens with zero attached hydrogens (tertiary/aromatic N) is 4. The first-order chi connectivity index (χ1) is 13.8. The molecule has 4 rings (SSSR count). The highest BCUT2D eigenvalue weighted by Gasteiger charge is 2.23. The van der Waals surface area contributed by atoms with Crippen LogP contribution in [0.3, 0.4) is 0 Å². The van der Waals surface area contributed by atoms with Gasteiger partial charge in [-0.3, -0.25) is 4.79 Å². The zero-order chi connectivity index (χ0) is 19.3. The molecule has 0 atom stereocenters. The number of hydrogen-bond donors (Lipinski definition) is 0. The number of hydrogen-bond acceptors (Lipinski definition) is 3. The molecule has 0 radical (unpaired) electrons. The van der Waals surface area contributed by atoms with E-state index in [1.807, 2.05) is 97.9 Å². The zero-order valence-electron chi connectivity index (χ0n) is 15.6. The van der Waals surface area contributed by atoms with Gasteiger partial charge in [0.1, 0.15) is 0 Å². The Morgan fingerprint density at radius 1 is 0.857 bits per heavy atom. The lowest BCUT2D eigenvalue weighted by Crippen LogP contribution is -2.31. The fraction of sp³-hybridized carbons (Fsp3) is 0.0870. The summed E-state index contributed by atoms with van der Waals surface area (Å²) in [5.74, 6) is 0.591. The molecule has 0 spiro atoms. The van der Waals surface area contributed by atoms with E-state index in [1.54, 1.807) is 9.58 Å². The molecular formula is C23H20N4O. The number of carbonyl (C=O) groups is 1. The van der Waals surface area contributed by atoms with Gasteiger partial charge in [-0.25, -0.2) is 9.67 Å². The van der Waals surface area contributed by atoms with E-state index in [-0.39, 0.29) is 11.7 Å². The minimum atomic E-state index is -0.222. The highest BCUT2D eigenvalue weighted by atomic mass is 16.2. The first-order valence-electron chi connectivity index (χ1n) is 9.22. The van der Waals surface area contributed by atoms with Crippen LogP contribution in [0.25, 0.3) is 17.1 Å². The molecule has 138 valence electrons. The van der Waals surface area contributed by atoms with Gasteiger partial charge in [0.15, 0.2) is 5.82 Å². The maximum Gasteiger partial charge on any atom is 0.297 e. The Hall–Kier alpha value is -3.73. The van der Waals surface area contributed by atoms with E-state index in [0.29, 0.717) is 12.4 Å². The summed E-state index contributed by atoms with van der Waals surface area (Å²) in [6.07, 6.45) is 0. The molecule has 0 aliphatic carbocycles. The van der Waals surface area contributed by atoms with Crippen molar-refractivity contribution in [1.82, 2.24) is 14.8 Å². The maximum atomic E-state index is 13.2. The SMILES string of the molecule is CCN(C(=O)c1nc(-c2ccccc2)n(-c2ccccc2)n1)c1ccccc1. The van der Waals surface area contributed by atoms with Crippen LogP contribution in [0.5, 0.6) is 0 Å². The minimum Gasteiger partial charge on any atom is -0.306 e. The lowest BCUT2D eigenvalue weighted by Gasteiger charge is -2.19. The van der Waals surface area contributed by atoms with Crippen LogP contribution in [0.1, 0.15) is 17.5 Å². The Morgan fingerprint density at radius 2 is 1.43 bits per heavy atom. The number of rotatable bonds is 5. The number of aromatic nitrogens is 3. The smallest absolute Gasteiger partial charge is 0.297 e. The molecular weight excluding hydrogens is 348 g/mol. The lowest BCUT2D eigenvalue weighted by atomic mass is 10.2. The largest absolute Gasteiger partial charge is 0.306 e. The van der Waals surface area contributed by atoms with E-state index >= 15 is 0 Å². The zero-order valence-corrected chi connectivity index (χ0v) is 15.6. The summed E-state index contributed by atoms with van der Waals surface area (Å²) in [5.41, 5.74) is 2.59. The normalized spacial score (nSPS) is 10.6. The minimum absolute atomic E-state index is 0.174. The fourth-order valence-corrected chi connectivity index (χ4v) is 3.10. The van der Waals surface area contributed by atoms with Crippen LogP contribution < -0.4 is 4.90 Å². The molecule has 0 aliphatic heterocycles. The van der Waals surface area contributed by atoms with Crippen molar-refractivity contribution < 1.29 is 4.79 Å². The second-order valence-electron chi connectivity index (χ2n) is 6.26. The predicted molar refractivity (Wildman–Crippen MR) is 111 cm³/mol. The van der Waals surface area contributed by atoms with Crippen molar-refractivity contribution >= 4 is 11.6 Å². The molecule has 0 saturated carbocycles. The quantitative estimate of drug-likeness (QED) is 0.517. The number of benzene rings is 3. The van der Waals surface area contributed by atoms with Crippen molar-refractivity contribution in [1.29, 1.82) is 0 Å². The van der Waals surface area contributed by atoms with Crippen molar-refractivity contribution in [3.05, 3.63) is 96.8 Å². The van der Waals surface area contributed by atoms with E-state index in [2.05, 4.69) is 10.1 Å². The number of para-hydroxylation sites is 2. The Morgan fingerprint density at radius 3 is 2.04 bits per heavy atom. The van der Waals surface area contributed by atoms with Gasteiger partial charge in [0.25, 0.3) is 5.91 Å². The summed E-state index contributed by atoms with van der Waals surface area (Å²) in [6, 6.07) is 29.1. The Labute approximate surface area is 163 Å². The number of amides is 1. The van der Waals surface area contributed by atoms with Crippen LogP contribution in [0.2, 0.25) is 0 Å². The molecule has 3 aromatic carbocycles. The summed E-state index contributed by atoms with van der Waals surface area (Å²) in [6.45, 7) is 2.47. The molecule has 0 fully saturated rings. The monoisotopic (exact) mass is 368 g/mol. The number of carbonyl (C=O) groups excluding carboxylic acids is 1. The van der Waals surface area contributed by atoms with Crippen molar-refractivity contribution in [2.24, 2.45) is 0 Å². The van der Waals surface area contributed by atoms with Crippen LogP contribution in [-0.2, 0) is 0 Å². The molecule has 4 aromatic rings. The van der Waals surface area contributed by atoms with E-state index in [4.69, 9.17) is 0 Å². The first-order valence-corrected chi connectivity index (χ1v) is 9.22. The second kappa shape index (κ2) is 7.88. The van der Waals surface area contributed by atoms with E-state index in [9.17, 15) is 4.79 Å². The molecule has 0 N–H and O–H groups in total. The average molecular weight is 368 g/mol. The van der Waals surface area contributed by atoms with Gasteiger partial charge in [0, 0.05) is 17.8 Å². The topological polar surface area (TPSA) is 51.0 Å². The molecule has 0 bridgehead atoms. The highest BCUT2D eigenvalue weighted by molar-refractivity contribution is 6.03. The first kappa shape index (κ1) is 17.7. The van der Waals surface area contributed by atoms with Crippen molar-refractivity contribution in [2.45, 2.75) is 6.92 Å². The van der Waals surface area contributed by atoms with Crippen molar-refractivity contribution in [3.8, 4) is 17.1 Å². The Bertz CT molecular complexity index is 1000. The van der Waals surface area contributed by atoms with Crippen LogP contribution in [0.4, 0.5) is 5.69 Å². The van der Waals surface area contributed by atoms with E-state index in [1.165, 1.54) is 0 Å². The third-order valence-electron chi connectivity index (χ3n) is 4.46. The van der Waals surface area contributed by atoms with Gasteiger partial charge < -0.3 is 4.90 Å². The van der Waals surface area contributed by atoms with Crippen LogP contribution in [-0.4, -0.2) is 27.2 Å². The van der Waals surface area contributed by atoms with Gasteiger partial charge in [-0.05, 0) is 31.2 Å². The van der Waals surface area contributed by atoms with Gasteiger partial charge in [0.2, 0.25) is 5.82 Å². The molecule has 5 nitrogen and oxygen atoms in total. The maximum absolute atomic E-state index is 13.2. The molecule has 0 aliphatic rings. The van der Waals surface area contributed by atoms with Crippen LogP contribution >= 0.6 is 0 Å². The van der Waals surface area contributed by atoms with Crippen LogP contribution in [0.15, 0.2) is 91.0 Å². The summed E-state index contributed by atoms with van der Waals surface area (Å²) >= 11 is 0. The van der Waals surface area contributed by atoms with Crippen molar-refractivity contribution in [2.75, 3.05) is 11.4 Å². The fourth-order valence-electron chi connectivity index (χ4n) is 3.10. The molecule has 1 heterocycles. The van der Waals surface area contributed by atoms with E-state index in [0.717, 1.165) is 16.9 Å². The van der Waals surface area contributed by atoms with Gasteiger partial charge >= 0.3 is 0 Å². The Balaban J connectivity index is 1.80. The van der Waals surface area contributed by atoms with Gasteiger partial charge in [0.05, 0.1) is 5.69 Å². The Kier molecular flexibility index (Phi) is 4.97. The van der Waals surface area contributed by atoms with Crippen LogP contribution in [0, 0.1) is 0 Å². The summed E-state index contributed by atoms with van der Waals surface area (Å²) in [4.78, 5) is 19.5. The molecule has 1 aromatic heterocycles. The number of anilines is 1. The third-order valence-corrected chi connectivity index (χ3v) is 4.46. The average Bonchev–Trinajstić information content (AvgIpc) is 3.22. The van der Waals surface area contributed by atoms with Gasteiger partial charge in [-0.1, -0.05) is 66.7 Å². The molecule has 1 amide bonds. The third kappa shape index (κ3) is 3.42. The molecule has 5 heteroatoms. The summed E-state index contributed by atoms with van der Waals surface area (Å²) in [5, 5.41) is 4.57. The highest BCUT2D eigenvalue weighted by Crippen LogP contribution is 2.22. The van der Waals surface area contributed by atoms with Crippen molar-refractivity contribution in [3.63, 3.8) is 0 Å². The second-order valence-corrected chi connectivity index (χ2v) is 6.26. The van der Waals surface area contributed by atoms with E-state index < -0.39 is 0 Å². The molecule has 0 unspecified atom stereocenters.